The molecule has 3 aromatic rings. The van der Waals surface area contributed by atoms with Crippen molar-refractivity contribution in [2.75, 3.05) is 14.2 Å². The summed E-state index contributed by atoms with van der Waals surface area (Å²) in [6, 6.07) is 11.6. The number of halogens is 1. The molecular weight excluding hydrogens is 364 g/mol. The number of ether oxygens (including phenoxy) is 2. The van der Waals surface area contributed by atoms with E-state index in [9.17, 15) is 0 Å². The highest BCUT2D eigenvalue weighted by atomic mass is 79.9. The van der Waals surface area contributed by atoms with E-state index in [4.69, 9.17) is 9.47 Å². The molecule has 0 N–H and O–H groups in total. The summed E-state index contributed by atoms with van der Waals surface area (Å²) in [5, 5.41) is 0.714. The third-order valence-electron chi connectivity index (χ3n) is 3.09. The van der Waals surface area contributed by atoms with Crippen LogP contribution in [0.5, 0.6) is 11.5 Å². The second kappa shape index (κ2) is 6.46. The van der Waals surface area contributed by atoms with Gasteiger partial charge in [-0.2, -0.15) is 0 Å². The third kappa shape index (κ3) is 3.13. The molecule has 0 saturated heterocycles. The van der Waals surface area contributed by atoms with E-state index < -0.39 is 0 Å². The van der Waals surface area contributed by atoms with E-state index in [-0.39, 0.29) is 0 Å². The van der Waals surface area contributed by atoms with Gasteiger partial charge in [0.1, 0.15) is 11.5 Å². The largest absolute Gasteiger partial charge is 0.497 e. The monoisotopic (exact) mass is 376 g/mol. The first-order chi connectivity index (χ1) is 10.7. The van der Waals surface area contributed by atoms with Crippen molar-refractivity contribution < 1.29 is 9.47 Å². The number of hydrogen-bond acceptors (Lipinski definition) is 5. The zero-order chi connectivity index (χ0) is 15.5. The number of nitrogens with zero attached hydrogens (tertiary/aromatic N) is 2. The lowest BCUT2D eigenvalue weighted by molar-refractivity contribution is 0.394. The van der Waals surface area contributed by atoms with Gasteiger partial charge in [0.15, 0.2) is 0 Å². The van der Waals surface area contributed by atoms with Crippen LogP contribution in [-0.4, -0.2) is 25.4 Å². The summed E-state index contributed by atoms with van der Waals surface area (Å²) in [5.74, 6) is 1.46. The molecule has 0 fully saturated rings. The normalized spacial score (nSPS) is 11.2. The lowest BCUT2D eigenvalue weighted by Crippen LogP contribution is -1.92. The summed E-state index contributed by atoms with van der Waals surface area (Å²) in [4.78, 5) is 8.95. The molecule has 6 heteroatoms. The Kier molecular flexibility index (Phi) is 4.40. The van der Waals surface area contributed by atoms with Crippen LogP contribution in [0.4, 0.5) is 5.13 Å². The van der Waals surface area contributed by atoms with Crippen LogP contribution in [0, 0.1) is 0 Å². The second-order valence-electron chi connectivity index (χ2n) is 4.47. The van der Waals surface area contributed by atoms with Crippen LogP contribution in [0.1, 0.15) is 5.56 Å². The molecule has 0 aliphatic carbocycles. The van der Waals surface area contributed by atoms with E-state index >= 15 is 0 Å². The van der Waals surface area contributed by atoms with Crippen LogP contribution >= 0.6 is 27.3 Å². The van der Waals surface area contributed by atoms with Crippen molar-refractivity contribution in [3.8, 4) is 11.5 Å². The smallest absolute Gasteiger partial charge is 0.210 e. The van der Waals surface area contributed by atoms with Crippen LogP contribution in [0.3, 0.4) is 0 Å². The maximum absolute atomic E-state index is 5.36. The van der Waals surface area contributed by atoms with E-state index in [0.29, 0.717) is 10.9 Å². The van der Waals surface area contributed by atoms with Gasteiger partial charge < -0.3 is 9.47 Å². The molecule has 0 spiro atoms. The number of rotatable bonds is 4. The number of aliphatic imine (C=N–C) groups is 1. The maximum atomic E-state index is 5.36. The summed E-state index contributed by atoms with van der Waals surface area (Å²) < 4.78 is 12.7. The molecule has 0 atom stereocenters. The number of fused-ring (bicyclic) bond motifs is 1. The van der Waals surface area contributed by atoms with Gasteiger partial charge in [0, 0.05) is 22.3 Å². The molecule has 112 valence electrons. The summed E-state index contributed by atoms with van der Waals surface area (Å²) in [7, 11) is 3.25. The Morgan fingerprint density at radius 2 is 2.00 bits per heavy atom. The minimum Gasteiger partial charge on any atom is -0.497 e. The first-order valence-electron chi connectivity index (χ1n) is 6.52. The Morgan fingerprint density at radius 1 is 1.14 bits per heavy atom. The Bertz CT molecular complexity index is 845. The highest BCUT2D eigenvalue weighted by Gasteiger charge is 2.05. The molecule has 0 radical (unpaired) electrons. The van der Waals surface area contributed by atoms with E-state index in [1.165, 1.54) is 0 Å². The van der Waals surface area contributed by atoms with Gasteiger partial charge in [0.25, 0.3) is 0 Å². The van der Waals surface area contributed by atoms with Crippen molar-refractivity contribution in [2.45, 2.75) is 0 Å². The molecule has 0 unspecified atom stereocenters. The summed E-state index contributed by atoms with van der Waals surface area (Å²) in [5.41, 5.74) is 1.82. The van der Waals surface area contributed by atoms with Crippen molar-refractivity contribution >= 4 is 48.8 Å². The van der Waals surface area contributed by atoms with Crippen LogP contribution in [-0.2, 0) is 0 Å². The highest BCUT2D eigenvalue weighted by molar-refractivity contribution is 9.10. The van der Waals surface area contributed by atoms with Gasteiger partial charge >= 0.3 is 0 Å². The van der Waals surface area contributed by atoms with Crippen molar-refractivity contribution in [3.63, 3.8) is 0 Å². The van der Waals surface area contributed by atoms with E-state index in [1.54, 1.807) is 31.8 Å². The second-order valence-corrected chi connectivity index (χ2v) is 6.40. The average Bonchev–Trinajstić information content (AvgIpc) is 2.94. The van der Waals surface area contributed by atoms with Crippen molar-refractivity contribution in [1.82, 2.24) is 4.98 Å². The van der Waals surface area contributed by atoms with Gasteiger partial charge in [-0.05, 0) is 30.3 Å². The summed E-state index contributed by atoms with van der Waals surface area (Å²) in [6.45, 7) is 0. The fraction of sp³-hybridized carbons (Fsp3) is 0.125. The molecule has 0 aliphatic rings. The predicted octanol–water partition coefficient (Wildman–Crippen LogP) is 4.83. The maximum Gasteiger partial charge on any atom is 0.210 e. The van der Waals surface area contributed by atoms with E-state index in [0.717, 1.165) is 26.0 Å². The van der Waals surface area contributed by atoms with Gasteiger partial charge in [-0.25, -0.2) is 9.98 Å². The molecule has 0 amide bonds. The van der Waals surface area contributed by atoms with Crippen LogP contribution < -0.4 is 9.47 Å². The van der Waals surface area contributed by atoms with Gasteiger partial charge in [-0.1, -0.05) is 27.3 Å². The number of hydrogen-bond donors (Lipinski definition) is 0. The topological polar surface area (TPSA) is 43.7 Å². The standard InChI is InChI=1S/C16H13BrN2O2S/c1-20-12-5-3-10(14(8-12)21-2)9-18-16-19-13-6-4-11(17)7-15(13)22-16/h3-9H,1-2H3/b18-9+. The minimum atomic E-state index is 0.714. The summed E-state index contributed by atoms with van der Waals surface area (Å²) >= 11 is 5.01. The van der Waals surface area contributed by atoms with Gasteiger partial charge in [-0.3, -0.25) is 0 Å². The lowest BCUT2D eigenvalue weighted by atomic mass is 10.2. The number of benzene rings is 2. The molecule has 2 aromatic carbocycles. The molecule has 0 aliphatic heterocycles. The van der Waals surface area contributed by atoms with Crippen LogP contribution in [0.15, 0.2) is 45.9 Å². The quantitative estimate of drug-likeness (QED) is 0.612. The molecule has 3 rings (SSSR count). The van der Waals surface area contributed by atoms with Crippen molar-refractivity contribution in [3.05, 3.63) is 46.4 Å². The highest BCUT2D eigenvalue weighted by Crippen LogP contribution is 2.30. The Hall–Kier alpha value is -1.92. The molecule has 0 saturated carbocycles. The number of thiazole rings is 1. The fourth-order valence-corrected chi connectivity index (χ4v) is 3.35. The molecular formula is C16H13BrN2O2S. The molecule has 4 nitrogen and oxygen atoms in total. The Morgan fingerprint density at radius 3 is 2.77 bits per heavy atom. The van der Waals surface area contributed by atoms with Gasteiger partial charge in [-0.15, -0.1) is 0 Å². The zero-order valence-electron chi connectivity index (χ0n) is 12.0. The van der Waals surface area contributed by atoms with Crippen LogP contribution in [0.2, 0.25) is 0 Å². The SMILES string of the molecule is COc1ccc(/C=N/c2nc3ccc(Br)cc3s2)c(OC)c1. The number of aromatic nitrogens is 1. The average molecular weight is 377 g/mol. The molecule has 1 aromatic heterocycles. The third-order valence-corrected chi connectivity index (χ3v) is 4.51. The predicted molar refractivity (Wildman–Crippen MR) is 94.1 cm³/mol. The summed E-state index contributed by atoms with van der Waals surface area (Å²) in [6.07, 6.45) is 1.75. The molecule has 22 heavy (non-hydrogen) atoms. The van der Waals surface area contributed by atoms with Crippen molar-refractivity contribution in [2.24, 2.45) is 4.99 Å². The number of methoxy groups -OCH3 is 2. The zero-order valence-corrected chi connectivity index (χ0v) is 14.4. The van der Waals surface area contributed by atoms with Crippen LogP contribution in [0.25, 0.3) is 10.2 Å². The first-order valence-corrected chi connectivity index (χ1v) is 8.13. The van der Waals surface area contributed by atoms with Gasteiger partial charge in [0.05, 0.1) is 24.4 Å². The minimum absolute atomic E-state index is 0.714. The first kappa shape index (κ1) is 15.0. The van der Waals surface area contributed by atoms with E-state index in [1.807, 2.05) is 36.4 Å². The fourth-order valence-electron chi connectivity index (χ4n) is 1.99. The van der Waals surface area contributed by atoms with Crippen molar-refractivity contribution in [1.29, 1.82) is 0 Å². The lowest BCUT2D eigenvalue weighted by Gasteiger charge is -2.06. The molecule has 0 bridgehead atoms. The van der Waals surface area contributed by atoms with Gasteiger partial charge in [0.2, 0.25) is 5.13 Å². The Balaban J connectivity index is 1.92. The Labute approximate surface area is 140 Å². The molecule has 1 heterocycles. The van der Waals surface area contributed by atoms with E-state index in [2.05, 4.69) is 25.9 Å².